The lowest BCUT2D eigenvalue weighted by atomic mass is 9.82. The average molecular weight is 690 g/mol. The Morgan fingerprint density at radius 1 is 0.333 bits per heavy atom. The summed E-state index contributed by atoms with van der Waals surface area (Å²) in [6.45, 7) is 4.70. The highest BCUT2D eigenvalue weighted by Gasteiger charge is 2.35. The van der Waals surface area contributed by atoms with Crippen LogP contribution >= 0.6 is 0 Å². The third-order valence-electron chi connectivity index (χ3n) is 11.5. The molecule has 1 aliphatic rings. The van der Waals surface area contributed by atoms with E-state index in [1.807, 2.05) is 0 Å². The van der Waals surface area contributed by atoms with E-state index < -0.39 is 0 Å². The SMILES string of the molecule is CC1(C)c2ccccc2-c2cc(N(c3ccc4c(ccc5ccccc54)c3)c3ccccc3-c3ccccc3-c3ccccc3-c3ccccc3)ccc21. The summed E-state index contributed by atoms with van der Waals surface area (Å²) < 4.78 is 0. The fraction of sp³-hybridized carbons (Fsp3) is 0.0566. The molecule has 1 nitrogen and oxygen atoms in total. The maximum Gasteiger partial charge on any atom is 0.0540 e. The second-order valence-electron chi connectivity index (χ2n) is 14.9. The third kappa shape index (κ3) is 5.16. The molecule has 0 bridgehead atoms. The van der Waals surface area contributed by atoms with Crippen LogP contribution in [0.4, 0.5) is 17.1 Å². The summed E-state index contributed by atoms with van der Waals surface area (Å²) >= 11 is 0. The summed E-state index contributed by atoms with van der Waals surface area (Å²) in [4.78, 5) is 2.47. The van der Waals surface area contributed by atoms with Crippen LogP contribution in [0.15, 0.2) is 200 Å². The van der Waals surface area contributed by atoms with Crippen molar-refractivity contribution in [1.29, 1.82) is 0 Å². The largest absolute Gasteiger partial charge is 0.310 e. The van der Waals surface area contributed by atoms with Crippen molar-refractivity contribution in [3.8, 4) is 44.5 Å². The van der Waals surface area contributed by atoms with Gasteiger partial charge in [-0.2, -0.15) is 0 Å². The highest BCUT2D eigenvalue weighted by molar-refractivity contribution is 6.09. The van der Waals surface area contributed by atoms with Gasteiger partial charge in [0.15, 0.2) is 0 Å². The van der Waals surface area contributed by atoms with Crippen molar-refractivity contribution in [3.63, 3.8) is 0 Å². The smallest absolute Gasteiger partial charge is 0.0540 e. The first kappa shape index (κ1) is 32.0. The molecular weight excluding hydrogens is 651 g/mol. The lowest BCUT2D eigenvalue weighted by molar-refractivity contribution is 0.660. The van der Waals surface area contributed by atoms with Gasteiger partial charge in [0.1, 0.15) is 0 Å². The lowest BCUT2D eigenvalue weighted by Gasteiger charge is -2.30. The van der Waals surface area contributed by atoms with E-state index in [4.69, 9.17) is 0 Å². The summed E-state index contributed by atoms with van der Waals surface area (Å²) in [5, 5.41) is 5.01. The fourth-order valence-electron chi connectivity index (χ4n) is 8.85. The number of fused-ring (bicyclic) bond motifs is 6. The Kier molecular flexibility index (Phi) is 7.56. The van der Waals surface area contributed by atoms with Crippen LogP contribution in [0.25, 0.3) is 66.1 Å². The molecule has 0 N–H and O–H groups in total. The zero-order valence-corrected chi connectivity index (χ0v) is 30.5. The fourth-order valence-corrected chi connectivity index (χ4v) is 8.85. The second-order valence-corrected chi connectivity index (χ2v) is 14.9. The Labute approximate surface area is 317 Å². The Balaban J connectivity index is 1.21. The molecule has 0 unspecified atom stereocenters. The van der Waals surface area contributed by atoms with Crippen molar-refractivity contribution in [1.82, 2.24) is 0 Å². The number of benzene rings is 9. The number of anilines is 3. The summed E-state index contributed by atoms with van der Waals surface area (Å²) in [5.74, 6) is 0. The molecule has 0 saturated carbocycles. The van der Waals surface area contributed by atoms with Crippen LogP contribution in [0, 0.1) is 0 Å². The molecule has 9 aromatic carbocycles. The highest BCUT2D eigenvalue weighted by atomic mass is 15.1. The molecule has 256 valence electrons. The first-order chi connectivity index (χ1) is 26.6. The first-order valence-corrected chi connectivity index (χ1v) is 18.9. The number of rotatable bonds is 6. The minimum atomic E-state index is -0.0672. The van der Waals surface area contributed by atoms with Crippen molar-refractivity contribution in [2.75, 3.05) is 4.90 Å². The van der Waals surface area contributed by atoms with Crippen LogP contribution in [0.1, 0.15) is 25.0 Å². The molecule has 9 aromatic rings. The molecule has 0 amide bonds. The van der Waals surface area contributed by atoms with Gasteiger partial charge >= 0.3 is 0 Å². The molecule has 0 spiro atoms. The monoisotopic (exact) mass is 689 g/mol. The van der Waals surface area contributed by atoms with Gasteiger partial charge in [0.2, 0.25) is 0 Å². The predicted octanol–water partition coefficient (Wildman–Crippen LogP) is 14.8. The molecule has 0 atom stereocenters. The van der Waals surface area contributed by atoms with Crippen LogP contribution in [0.3, 0.4) is 0 Å². The topological polar surface area (TPSA) is 3.24 Å². The van der Waals surface area contributed by atoms with E-state index >= 15 is 0 Å². The molecule has 0 fully saturated rings. The van der Waals surface area contributed by atoms with Gasteiger partial charge in [0.05, 0.1) is 5.69 Å². The van der Waals surface area contributed by atoms with Crippen molar-refractivity contribution >= 4 is 38.6 Å². The molecule has 0 aliphatic heterocycles. The van der Waals surface area contributed by atoms with Crippen LogP contribution in [-0.4, -0.2) is 0 Å². The van der Waals surface area contributed by atoms with Gasteiger partial charge < -0.3 is 4.90 Å². The standard InChI is InChI=1S/C53H39N/c1-53(2)50-26-14-12-24-47(50)49-35-40(31-33-51(49)53)54(39-30-32-43-38(34-39)29-28-37-18-6-7-19-41(37)43)52-27-15-13-25-48(52)46-23-11-10-22-45(46)44-21-9-8-20-42(44)36-16-4-3-5-17-36/h3-35H,1-2H3. The summed E-state index contributed by atoms with van der Waals surface area (Å²) in [6, 6.07) is 73.5. The van der Waals surface area contributed by atoms with Crippen molar-refractivity contribution in [2.45, 2.75) is 19.3 Å². The highest BCUT2D eigenvalue weighted by Crippen LogP contribution is 2.52. The van der Waals surface area contributed by atoms with E-state index in [0.717, 1.165) is 17.1 Å². The summed E-state index contributed by atoms with van der Waals surface area (Å²) in [5.41, 5.74) is 15.9. The van der Waals surface area contributed by atoms with Gasteiger partial charge in [0.25, 0.3) is 0 Å². The van der Waals surface area contributed by atoms with E-state index in [1.54, 1.807) is 0 Å². The molecular formula is C53H39N. The normalized spacial score (nSPS) is 12.8. The van der Waals surface area contributed by atoms with E-state index in [0.29, 0.717) is 0 Å². The third-order valence-corrected chi connectivity index (χ3v) is 11.5. The average Bonchev–Trinajstić information content (AvgIpc) is 3.46. The van der Waals surface area contributed by atoms with Gasteiger partial charge in [0, 0.05) is 22.4 Å². The van der Waals surface area contributed by atoms with Gasteiger partial charge in [-0.15, -0.1) is 0 Å². The number of hydrogen-bond donors (Lipinski definition) is 0. The Bertz CT molecular complexity index is 2860. The van der Waals surface area contributed by atoms with E-state index in [9.17, 15) is 0 Å². The van der Waals surface area contributed by atoms with Crippen molar-refractivity contribution in [2.24, 2.45) is 0 Å². The zero-order valence-electron chi connectivity index (χ0n) is 30.5. The van der Waals surface area contributed by atoms with E-state index in [-0.39, 0.29) is 5.41 Å². The van der Waals surface area contributed by atoms with Crippen molar-refractivity contribution < 1.29 is 0 Å². The zero-order chi connectivity index (χ0) is 36.2. The van der Waals surface area contributed by atoms with Gasteiger partial charge in [-0.1, -0.05) is 184 Å². The molecule has 0 aromatic heterocycles. The van der Waals surface area contributed by atoms with Gasteiger partial charge in [-0.05, 0) is 102 Å². The summed E-state index contributed by atoms with van der Waals surface area (Å²) in [6.07, 6.45) is 0. The van der Waals surface area contributed by atoms with Crippen LogP contribution in [-0.2, 0) is 5.41 Å². The molecule has 54 heavy (non-hydrogen) atoms. The number of nitrogens with zero attached hydrogens (tertiary/aromatic N) is 1. The van der Waals surface area contributed by atoms with Crippen LogP contribution in [0.2, 0.25) is 0 Å². The number of para-hydroxylation sites is 1. The summed E-state index contributed by atoms with van der Waals surface area (Å²) in [7, 11) is 0. The first-order valence-electron chi connectivity index (χ1n) is 18.9. The predicted molar refractivity (Wildman–Crippen MR) is 230 cm³/mol. The molecule has 0 heterocycles. The van der Waals surface area contributed by atoms with E-state index in [1.165, 1.54) is 77.2 Å². The van der Waals surface area contributed by atoms with Crippen LogP contribution in [0.5, 0.6) is 0 Å². The minimum Gasteiger partial charge on any atom is -0.310 e. The molecule has 1 heteroatoms. The molecule has 1 aliphatic carbocycles. The van der Waals surface area contributed by atoms with Crippen molar-refractivity contribution in [3.05, 3.63) is 211 Å². The molecule has 0 radical (unpaired) electrons. The lowest BCUT2D eigenvalue weighted by Crippen LogP contribution is -2.15. The molecule has 0 saturated heterocycles. The van der Waals surface area contributed by atoms with Crippen LogP contribution < -0.4 is 4.90 Å². The Morgan fingerprint density at radius 2 is 0.852 bits per heavy atom. The number of hydrogen-bond acceptors (Lipinski definition) is 1. The maximum atomic E-state index is 2.47. The minimum absolute atomic E-state index is 0.0672. The quantitative estimate of drug-likeness (QED) is 0.157. The maximum absolute atomic E-state index is 2.47. The Morgan fingerprint density at radius 3 is 1.65 bits per heavy atom. The van der Waals surface area contributed by atoms with Gasteiger partial charge in [-0.3, -0.25) is 0 Å². The molecule has 10 rings (SSSR count). The van der Waals surface area contributed by atoms with Gasteiger partial charge in [-0.25, -0.2) is 0 Å². The second kappa shape index (κ2) is 12.8. The van der Waals surface area contributed by atoms with E-state index in [2.05, 4.69) is 219 Å². The Hall–Kier alpha value is -6.70.